The number of carboxylic acid groups (broad SMARTS) is 1. The van der Waals surface area contributed by atoms with Gasteiger partial charge in [-0.2, -0.15) is 11.8 Å². The fourth-order valence-electron chi connectivity index (χ4n) is 1.09. The van der Waals surface area contributed by atoms with E-state index in [0.717, 1.165) is 12.2 Å². The molecule has 0 rings (SSSR count). The Labute approximate surface area is 78.1 Å². The summed E-state index contributed by atoms with van der Waals surface area (Å²) in [5.74, 6) is 0.248. The standard InChI is InChI=1S/C8H17NO2S/c1-4-7(6-12-3)9(2)5-8(10)11/h7H,4-6H2,1-3H3,(H,10,11). The lowest BCUT2D eigenvalue weighted by molar-refractivity contribution is -0.138. The van der Waals surface area contributed by atoms with E-state index in [1.807, 2.05) is 18.2 Å². The maximum Gasteiger partial charge on any atom is 0.317 e. The molecule has 3 nitrogen and oxygen atoms in total. The van der Waals surface area contributed by atoms with E-state index in [9.17, 15) is 4.79 Å². The minimum atomic E-state index is -0.753. The Morgan fingerprint density at radius 2 is 2.25 bits per heavy atom. The van der Waals surface area contributed by atoms with Gasteiger partial charge in [0, 0.05) is 11.8 Å². The first-order valence-corrected chi connectivity index (χ1v) is 5.42. The van der Waals surface area contributed by atoms with E-state index < -0.39 is 5.97 Å². The Hall–Kier alpha value is -0.220. The maximum atomic E-state index is 10.4. The van der Waals surface area contributed by atoms with Gasteiger partial charge < -0.3 is 5.11 Å². The number of aliphatic carboxylic acids is 1. The first kappa shape index (κ1) is 11.8. The highest BCUT2D eigenvalue weighted by Crippen LogP contribution is 2.07. The van der Waals surface area contributed by atoms with Gasteiger partial charge in [-0.3, -0.25) is 9.69 Å². The molecule has 0 saturated carbocycles. The van der Waals surface area contributed by atoms with E-state index >= 15 is 0 Å². The lowest BCUT2D eigenvalue weighted by Gasteiger charge is -2.24. The monoisotopic (exact) mass is 191 g/mol. The normalized spacial score (nSPS) is 13.3. The van der Waals surface area contributed by atoms with Gasteiger partial charge in [-0.1, -0.05) is 6.92 Å². The van der Waals surface area contributed by atoms with Crippen LogP contribution in [0.3, 0.4) is 0 Å². The number of carboxylic acids is 1. The van der Waals surface area contributed by atoms with Crippen molar-refractivity contribution >= 4 is 17.7 Å². The molecule has 0 spiro atoms. The van der Waals surface area contributed by atoms with Crippen LogP contribution in [0, 0.1) is 0 Å². The molecular formula is C8H17NO2S. The van der Waals surface area contributed by atoms with Crippen molar-refractivity contribution in [3.05, 3.63) is 0 Å². The average molecular weight is 191 g/mol. The zero-order valence-corrected chi connectivity index (χ0v) is 8.73. The largest absolute Gasteiger partial charge is 0.480 e. The van der Waals surface area contributed by atoms with E-state index in [4.69, 9.17) is 5.11 Å². The van der Waals surface area contributed by atoms with Crippen LogP contribution in [0.2, 0.25) is 0 Å². The summed E-state index contributed by atoms with van der Waals surface area (Å²) in [7, 11) is 1.86. The van der Waals surface area contributed by atoms with E-state index in [2.05, 4.69) is 6.92 Å². The van der Waals surface area contributed by atoms with Crippen LogP contribution in [0.15, 0.2) is 0 Å². The van der Waals surface area contributed by atoms with Crippen LogP contribution in [0.1, 0.15) is 13.3 Å². The summed E-state index contributed by atoms with van der Waals surface area (Å²) < 4.78 is 0. The third-order valence-corrected chi connectivity index (χ3v) is 2.56. The maximum absolute atomic E-state index is 10.4. The molecule has 4 heteroatoms. The van der Waals surface area contributed by atoms with Crippen molar-refractivity contribution in [3.63, 3.8) is 0 Å². The van der Waals surface area contributed by atoms with Crippen LogP contribution in [0.4, 0.5) is 0 Å². The van der Waals surface area contributed by atoms with Gasteiger partial charge >= 0.3 is 5.97 Å². The van der Waals surface area contributed by atoms with Crippen molar-refractivity contribution < 1.29 is 9.90 Å². The molecule has 1 N–H and O–H groups in total. The highest BCUT2D eigenvalue weighted by molar-refractivity contribution is 7.98. The summed E-state index contributed by atoms with van der Waals surface area (Å²) in [6.45, 7) is 2.22. The molecular weight excluding hydrogens is 174 g/mol. The summed E-state index contributed by atoms with van der Waals surface area (Å²) in [6, 6.07) is 0.385. The number of thioether (sulfide) groups is 1. The van der Waals surface area contributed by atoms with Crippen LogP contribution in [0.5, 0.6) is 0 Å². The van der Waals surface area contributed by atoms with Gasteiger partial charge in [0.15, 0.2) is 0 Å². The highest BCUT2D eigenvalue weighted by atomic mass is 32.2. The molecule has 0 heterocycles. The third-order valence-electron chi connectivity index (χ3n) is 1.84. The van der Waals surface area contributed by atoms with Crippen LogP contribution in [0.25, 0.3) is 0 Å². The van der Waals surface area contributed by atoms with Crippen LogP contribution in [-0.4, -0.2) is 47.6 Å². The minimum Gasteiger partial charge on any atom is -0.480 e. The first-order chi connectivity index (χ1) is 5.61. The molecule has 12 heavy (non-hydrogen) atoms. The van der Waals surface area contributed by atoms with Gasteiger partial charge in [-0.05, 0) is 19.7 Å². The van der Waals surface area contributed by atoms with E-state index in [1.165, 1.54) is 0 Å². The fourth-order valence-corrected chi connectivity index (χ4v) is 1.97. The van der Waals surface area contributed by atoms with E-state index in [1.54, 1.807) is 11.8 Å². The third kappa shape index (κ3) is 4.62. The number of rotatable bonds is 6. The van der Waals surface area contributed by atoms with Crippen LogP contribution >= 0.6 is 11.8 Å². The zero-order valence-electron chi connectivity index (χ0n) is 7.91. The second-order valence-electron chi connectivity index (χ2n) is 2.83. The molecule has 72 valence electrons. The molecule has 1 unspecified atom stereocenters. The zero-order chi connectivity index (χ0) is 9.56. The van der Waals surface area contributed by atoms with Crippen molar-refractivity contribution in [1.82, 2.24) is 4.90 Å². The van der Waals surface area contributed by atoms with Crippen LogP contribution < -0.4 is 0 Å². The second-order valence-corrected chi connectivity index (χ2v) is 3.74. The first-order valence-electron chi connectivity index (χ1n) is 4.02. The van der Waals surface area contributed by atoms with E-state index in [-0.39, 0.29) is 6.54 Å². The predicted molar refractivity (Wildman–Crippen MR) is 52.7 cm³/mol. The predicted octanol–water partition coefficient (Wildman–Crippen LogP) is 1.14. The van der Waals surface area contributed by atoms with Crippen molar-refractivity contribution in [2.45, 2.75) is 19.4 Å². The molecule has 0 bridgehead atoms. The van der Waals surface area contributed by atoms with Gasteiger partial charge in [0.05, 0.1) is 6.54 Å². The molecule has 0 fully saturated rings. The Kier molecular flexibility index (Phi) is 6.20. The Balaban J connectivity index is 3.84. The summed E-state index contributed by atoms with van der Waals surface area (Å²) in [4.78, 5) is 12.3. The SMILES string of the molecule is CCC(CSC)N(C)CC(=O)O. The molecule has 0 saturated heterocycles. The van der Waals surface area contributed by atoms with Gasteiger partial charge in [-0.25, -0.2) is 0 Å². The molecule has 0 amide bonds. The highest BCUT2D eigenvalue weighted by Gasteiger charge is 2.13. The smallest absolute Gasteiger partial charge is 0.317 e. The number of hydrogen-bond acceptors (Lipinski definition) is 3. The summed E-state index contributed by atoms with van der Waals surface area (Å²) in [5.41, 5.74) is 0. The molecule has 0 aliphatic carbocycles. The lowest BCUT2D eigenvalue weighted by atomic mass is 10.2. The van der Waals surface area contributed by atoms with Gasteiger partial charge in [-0.15, -0.1) is 0 Å². The molecule has 0 aromatic carbocycles. The summed E-state index contributed by atoms with van der Waals surface area (Å²) >= 11 is 1.76. The number of likely N-dealkylation sites (N-methyl/N-ethyl adjacent to an activating group) is 1. The summed E-state index contributed by atoms with van der Waals surface area (Å²) in [6.07, 6.45) is 3.04. The van der Waals surface area contributed by atoms with Crippen molar-refractivity contribution in [1.29, 1.82) is 0 Å². The fraction of sp³-hybridized carbons (Fsp3) is 0.875. The van der Waals surface area contributed by atoms with Crippen molar-refractivity contribution in [3.8, 4) is 0 Å². The van der Waals surface area contributed by atoms with Gasteiger partial charge in [0.1, 0.15) is 0 Å². The quantitative estimate of drug-likeness (QED) is 0.683. The second kappa shape index (κ2) is 6.31. The number of hydrogen-bond donors (Lipinski definition) is 1. The Morgan fingerprint density at radius 3 is 2.58 bits per heavy atom. The van der Waals surface area contributed by atoms with Crippen molar-refractivity contribution in [2.24, 2.45) is 0 Å². The Bertz CT molecular complexity index is 141. The molecule has 0 radical (unpaired) electrons. The van der Waals surface area contributed by atoms with Crippen LogP contribution in [-0.2, 0) is 4.79 Å². The van der Waals surface area contributed by atoms with Gasteiger partial charge in [0.2, 0.25) is 0 Å². The molecule has 0 aliphatic rings. The van der Waals surface area contributed by atoms with Gasteiger partial charge in [0.25, 0.3) is 0 Å². The molecule has 0 aliphatic heterocycles. The lowest BCUT2D eigenvalue weighted by Crippen LogP contribution is -2.37. The summed E-state index contributed by atoms with van der Waals surface area (Å²) in [5, 5.41) is 8.55. The number of nitrogens with zero attached hydrogens (tertiary/aromatic N) is 1. The average Bonchev–Trinajstić information content (AvgIpc) is 1.98. The topological polar surface area (TPSA) is 40.5 Å². The Morgan fingerprint density at radius 1 is 1.67 bits per heavy atom. The molecule has 0 aromatic heterocycles. The van der Waals surface area contributed by atoms with Crippen molar-refractivity contribution in [2.75, 3.05) is 25.6 Å². The molecule has 0 aromatic rings. The number of carbonyl (C=O) groups is 1. The minimum absolute atomic E-state index is 0.138. The van der Waals surface area contributed by atoms with E-state index in [0.29, 0.717) is 6.04 Å². The molecule has 1 atom stereocenters.